The van der Waals surface area contributed by atoms with E-state index in [-0.39, 0.29) is 0 Å². The monoisotopic (exact) mass is 353 g/mol. The van der Waals surface area contributed by atoms with E-state index in [0.29, 0.717) is 0 Å². The van der Waals surface area contributed by atoms with Crippen LogP contribution in [0.5, 0.6) is 0 Å². The predicted molar refractivity (Wildman–Crippen MR) is 89.7 cm³/mol. The van der Waals surface area contributed by atoms with Crippen LogP contribution in [0.2, 0.25) is 0 Å². The maximum absolute atomic E-state index is 5.49. The molecule has 0 radical (unpaired) electrons. The van der Waals surface area contributed by atoms with Crippen LogP contribution in [0.25, 0.3) is 11.0 Å². The highest BCUT2D eigenvalue weighted by molar-refractivity contribution is 9.10. The Bertz CT molecular complexity index is 653. The summed E-state index contributed by atoms with van der Waals surface area (Å²) < 4.78 is 4.21. The van der Waals surface area contributed by atoms with E-state index in [1.165, 1.54) is 38.0 Å². The Labute approximate surface area is 133 Å². The standard InChI is InChI=1S/C15H20BrN3S/c1-2-18-7-5-11(6-8-18)10-19-14-9-12(16)3-4-13(14)17-15(19)20/h3-4,9,11H,2,5-8,10H2,1H3,(H,17,20). The maximum Gasteiger partial charge on any atom is 0.178 e. The summed E-state index contributed by atoms with van der Waals surface area (Å²) in [5.74, 6) is 0.738. The van der Waals surface area contributed by atoms with Crippen molar-refractivity contribution in [3.05, 3.63) is 27.4 Å². The smallest absolute Gasteiger partial charge is 0.178 e. The van der Waals surface area contributed by atoms with Crippen LogP contribution in [-0.4, -0.2) is 34.1 Å². The van der Waals surface area contributed by atoms with Crippen LogP contribution in [-0.2, 0) is 6.54 Å². The summed E-state index contributed by atoms with van der Waals surface area (Å²) in [6, 6.07) is 6.30. The van der Waals surface area contributed by atoms with E-state index in [1.807, 2.05) is 0 Å². The fourth-order valence-electron chi connectivity index (χ4n) is 3.05. The van der Waals surface area contributed by atoms with Gasteiger partial charge in [-0.15, -0.1) is 0 Å². The van der Waals surface area contributed by atoms with Crippen molar-refractivity contribution in [3.8, 4) is 0 Å². The van der Waals surface area contributed by atoms with Crippen molar-refractivity contribution in [2.24, 2.45) is 5.92 Å². The van der Waals surface area contributed by atoms with Crippen LogP contribution in [0.3, 0.4) is 0 Å². The minimum absolute atomic E-state index is 0.738. The SMILES string of the molecule is CCN1CCC(Cn2c(=S)[nH]c3ccc(Br)cc32)CC1. The van der Waals surface area contributed by atoms with E-state index in [0.717, 1.165) is 27.2 Å². The lowest BCUT2D eigenvalue weighted by atomic mass is 9.97. The van der Waals surface area contributed by atoms with Crippen LogP contribution in [0, 0.1) is 10.7 Å². The predicted octanol–water partition coefficient (Wildman–Crippen LogP) is 4.19. The summed E-state index contributed by atoms with van der Waals surface area (Å²) in [5, 5.41) is 0. The third-order valence-electron chi connectivity index (χ3n) is 4.33. The molecular weight excluding hydrogens is 334 g/mol. The summed E-state index contributed by atoms with van der Waals surface area (Å²) in [6.45, 7) is 6.90. The molecule has 3 rings (SSSR count). The molecule has 3 nitrogen and oxygen atoms in total. The number of H-pyrrole nitrogens is 1. The van der Waals surface area contributed by atoms with Crippen molar-refractivity contribution >= 4 is 39.2 Å². The van der Waals surface area contributed by atoms with Gasteiger partial charge in [-0.3, -0.25) is 0 Å². The average molecular weight is 354 g/mol. The summed E-state index contributed by atoms with van der Waals surface area (Å²) in [4.78, 5) is 5.84. The normalized spacial score (nSPS) is 17.9. The van der Waals surface area contributed by atoms with Gasteiger partial charge in [-0.25, -0.2) is 0 Å². The first-order valence-electron chi connectivity index (χ1n) is 7.28. The molecule has 0 atom stereocenters. The van der Waals surface area contributed by atoms with Gasteiger partial charge in [0.1, 0.15) is 0 Å². The Morgan fingerprint density at radius 2 is 2.10 bits per heavy atom. The van der Waals surface area contributed by atoms with E-state index >= 15 is 0 Å². The highest BCUT2D eigenvalue weighted by Crippen LogP contribution is 2.24. The van der Waals surface area contributed by atoms with E-state index in [9.17, 15) is 0 Å². The second-order valence-corrected chi connectivity index (χ2v) is 6.88. The Morgan fingerprint density at radius 1 is 1.35 bits per heavy atom. The molecule has 1 aromatic heterocycles. The van der Waals surface area contributed by atoms with Gasteiger partial charge in [0.2, 0.25) is 0 Å². The van der Waals surface area contributed by atoms with E-state index in [1.54, 1.807) is 0 Å². The topological polar surface area (TPSA) is 24.0 Å². The number of likely N-dealkylation sites (tertiary alicyclic amines) is 1. The number of hydrogen-bond donors (Lipinski definition) is 1. The first kappa shape index (κ1) is 14.3. The minimum atomic E-state index is 0.738. The van der Waals surface area contributed by atoms with Gasteiger partial charge in [0.25, 0.3) is 0 Å². The first-order chi connectivity index (χ1) is 9.67. The van der Waals surface area contributed by atoms with Crippen LogP contribution in [0.15, 0.2) is 22.7 Å². The molecule has 0 saturated carbocycles. The van der Waals surface area contributed by atoms with Gasteiger partial charge in [-0.05, 0) is 68.8 Å². The molecule has 0 bridgehead atoms. The number of rotatable bonds is 3. The molecule has 2 heterocycles. The lowest BCUT2D eigenvalue weighted by Crippen LogP contribution is -2.34. The summed E-state index contributed by atoms with van der Waals surface area (Å²) >= 11 is 9.04. The molecule has 1 N–H and O–H groups in total. The van der Waals surface area contributed by atoms with Crippen LogP contribution >= 0.6 is 28.1 Å². The van der Waals surface area contributed by atoms with Crippen molar-refractivity contribution in [2.45, 2.75) is 26.3 Å². The Kier molecular flexibility index (Phi) is 4.29. The van der Waals surface area contributed by atoms with Gasteiger partial charge in [-0.2, -0.15) is 0 Å². The number of fused-ring (bicyclic) bond motifs is 1. The minimum Gasteiger partial charge on any atom is -0.331 e. The second kappa shape index (κ2) is 6.00. The van der Waals surface area contributed by atoms with Crippen molar-refractivity contribution in [3.63, 3.8) is 0 Å². The largest absolute Gasteiger partial charge is 0.331 e. The molecule has 5 heteroatoms. The number of halogens is 1. The fourth-order valence-corrected chi connectivity index (χ4v) is 3.68. The van der Waals surface area contributed by atoms with Crippen LogP contribution < -0.4 is 0 Å². The number of aromatic amines is 1. The number of piperidine rings is 1. The van der Waals surface area contributed by atoms with Gasteiger partial charge in [0.15, 0.2) is 4.77 Å². The third-order valence-corrected chi connectivity index (χ3v) is 5.15. The number of nitrogens with one attached hydrogen (secondary N) is 1. The summed E-state index contributed by atoms with van der Waals surface area (Å²) in [7, 11) is 0. The van der Waals surface area contributed by atoms with Gasteiger partial charge >= 0.3 is 0 Å². The van der Waals surface area contributed by atoms with Crippen molar-refractivity contribution < 1.29 is 0 Å². The van der Waals surface area contributed by atoms with E-state index in [2.05, 4.69) is 55.5 Å². The lowest BCUT2D eigenvalue weighted by molar-refractivity contribution is 0.181. The second-order valence-electron chi connectivity index (χ2n) is 5.58. The summed E-state index contributed by atoms with van der Waals surface area (Å²) in [5.41, 5.74) is 2.34. The van der Waals surface area contributed by atoms with Crippen molar-refractivity contribution in [1.82, 2.24) is 14.5 Å². The zero-order valence-electron chi connectivity index (χ0n) is 11.7. The first-order valence-corrected chi connectivity index (χ1v) is 8.48. The van der Waals surface area contributed by atoms with E-state index < -0.39 is 0 Å². The number of aromatic nitrogens is 2. The van der Waals surface area contributed by atoms with Crippen LogP contribution in [0.1, 0.15) is 19.8 Å². The molecular formula is C15H20BrN3S. The van der Waals surface area contributed by atoms with Gasteiger partial charge in [-0.1, -0.05) is 22.9 Å². The molecule has 2 aromatic rings. The highest BCUT2D eigenvalue weighted by Gasteiger charge is 2.19. The third kappa shape index (κ3) is 2.85. The molecule has 1 aliphatic heterocycles. The van der Waals surface area contributed by atoms with Gasteiger partial charge in [0, 0.05) is 11.0 Å². The molecule has 0 spiro atoms. The van der Waals surface area contributed by atoms with Crippen molar-refractivity contribution in [2.75, 3.05) is 19.6 Å². The van der Waals surface area contributed by atoms with Crippen LogP contribution in [0.4, 0.5) is 0 Å². The Morgan fingerprint density at radius 3 is 2.80 bits per heavy atom. The Hall–Kier alpha value is -0.650. The molecule has 1 aromatic carbocycles. The quantitative estimate of drug-likeness (QED) is 0.836. The molecule has 1 saturated heterocycles. The molecule has 0 unspecified atom stereocenters. The molecule has 0 amide bonds. The maximum atomic E-state index is 5.49. The average Bonchev–Trinajstić information content (AvgIpc) is 2.76. The lowest BCUT2D eigenvalue weighted by Gasteiger charge is -2.31. The molecule has 108 valence electrons. The number of imidazole rings is 1. The summed E-state index contributed by atoms with van der Waals surface area (Å²) in [6.07, 6.45) is 2.55. The fraction of sp³-hybridized carbons (Fsp3) is 0.533. The number of benzene rings is 1. The number of hydrogen-bond acceptors (Lipinski definition) is 2. The van der Waals surface area contributed by atoms with E-state index in [4.69, 9.17) is 12.2 Å². The van der Waals surface area contributed by atoms with Gasteiger partial charge in [0.05, 0.1) is 11.0 Å². The number of nitrogens with zero attached hydrogens (tertiary/aromatic N) is 2. The molecule has 1 fully saturated rings. The Balaban J connectivity index is 1.82. The highest BCUT2D eigenvalue weighted by atomic mass is 79.9. The zero-order valence-corrected chi connectivity index (χ0v) is 14.1. The molecule has 20 heavy (non-hydrogen) atoms. The zero-order chi connectivity index (χ0) is 14.1. The molecule has 1 aliphatic rings. The van der Waals surface area contributed by atoms with Gasteiger partial charge < -0.3 is 14.5 Å². The molecule has 0 aliphatic carbocycles. The van der Waals surface area contributed by atoms with Crippen molar-refractivity contribution in [1.29, 1.82) is 0 Å².